The van der Waals surface area contributed by atoms with E-state index in [1.54, 1.807) is 73.3 Å². The van der Waals surface area contributed by atoms with Crippen molar-refractivity contribution in [1.29, 1.82) is 26.3 Å². The number of amidine groups is 1. The molecule has 13 aromatic rings. The van der Waals surface area contributed by atoms with Crippen molar-refractivity contribution in [3.63, 3.8) is 0 Å². The van der Waals surface area contributed by atoms with Gasteiger partial charge in [0.1, 0.15) is 53.0 Å². The van der Waals surface area contributed by atoms with Gasteiger partial charge in [-0.15, -0.1) is 22.7 Å². The molecule has 13 rings (SSSR count). The third-order valence-electron chi connectivity index (χ3n) is 19.8. The highest BCUT2D eigenvalue weighted by molar-refractivity contribution is 14.1. The van der Waals surface area contributed by atoms with Gasteiger partial charge in [0, 0.05) is 44.5 Å². The molecule has 2 aromatic heterocycles. The number of rotatable bonds is 22. The lowest BCUT2D eigenvalue weighted by atomic mass is 9.89. The third kappa shape index (κ3) is 25.5. The number of nitriles is 5. The number of hydrogen-bond acceptors (Lipinski definition) is 16. The predicted octanol–water partition coefficient (Wildman–Crippen LogP) is 27.1. The molecule has 0 aliphatic heterocycles. The summed E-state index contributed by atoms with van der Waals surface area (Å²) in [5.41, 5.74) is 44.3. The van der Waals surface area contributed by atoms with Crippen molar-refractivity contribution in [2.45, 2.75) is 132 Å². The molecule has 10 N–H and O–H groups in total. The zero-order valence-electron chi connectivity index (χ0n) is 70.2. The van der Waals surface area contributed by atoms with E-state index in [1.165, 1.54) is 22.3 Å². The number of nitrogens with zero attached hydrogens (tertiary/aromatic N) is 6. The molecule has 122 heavy (non-hydrogen) atoms. The van der Waals surface area contributed by atoms with E-state index in [2.05, 4.69) is 193 Å². The van der Waals surface area contributed by atoms with Gasteiger partial charge in [0.25, 0.3) is 0 Å². The fraction of sp³-hybridized carbons (Fsp3) is 0.216. The molecule has 0 bridgehead atoms. The second-order valence-electron chi connectivity index (χ2n) is 28.8. The smallest absolute Gasteiger partial charge is 0.170 e. The number of phenolic OH excluding ortho intramolecular Hbond substituents is 3. The summed E-state index contributed by atoms with van der Waals surface area (Å²) in [4.78, 5) is 2.23. The van der Waals surface area contributed by atoms with Crippen LogP contribution >= 0.6 is 77.1 Å². The maximum absolute atomic E-state index is 9.73. The zero-order chi connectivity index (χ0) is 88.5. The number of phenols is 3. The van der Waals surface area contributed by atoms with Crippen LogP contribution in [-0.4, -0.2) is 40.6 Å². The van der Waals surface area contributed by atoms with Crippen LogP contribution in [0, 0.1) is 74.1 Å². The quantitative estimate of drug-likeness (QED) is 0.00829. The normalized spacial score (nSPS) is 10.5. The van der Waals surface area contributed by atoms with E-state index in [4.69, 9.17) is 31.9 Å². The summed E-state index contributed by atoms with van der Waals surface area (Å²) in [6.45, 7) is 16.9. The van der Waals surface area contributed by atoms with Crippen LogP contribution in [-0.2, 0) is 38.5 Å². The van der Waals surface area contributed by atoms with E-state index >= 15 is 0 Å². The molecule has 0 fully saturated rings. The fourth-order valence-corrected chi connectivity index (χ4v) is 17.6. The lowest BCUT2D eigenvalue weighted by molar-refractivity contribution is 0.318. The standard InChI is InChI=1S/C21H22N2O2S.C21H19NOS.C17H16BrNO.C17H18N2O.C16H14BrNO.C10H11IN2/c1-3-4-14-11-17(15-5-7-16(24)8-6-15)19(18(12-14)21(22)23-25)20-13(2)9-10-26-20;1-3-4-15-11-17(13-22)20(21-14(2)9-10-24-21)19(12-15)16-5-7-18(23)8-6-16;1-3-4-12-9-14(11-19)17(18)16(10-12)13-5-7-15(20-2)8-6-13;1-3-4-12-9-14(11-18)17(19)16(10-12)13-5-7-15(20-2)8-6-13;1-2-3-11-8-13(10-18)16(17)15(9-11)12-4-6-14(19)7-5-12;1-2-3-7-4-8(6-12)10(13)9(11)5-7/h5-12,24-25H,3-4H2,1-2H3,(H2,22,23);5-12,23H,3-4H2,1-2H3;5-10H,3-4H2,1-2H3;5-10H,3-4,19H2,1-2H3;4-9,19H,2-3H2,1H3;4-5H,2-3,13H2,1H3. The van der Waals surface area contributed by atoms with E-state index in [9.17, 15) is 41.6 Å². The van der Waals surface area contributed by atoms with E-state index in [0.29, 0.717) is 33.6 Å². The Labute approximate surface area is 756 Å². The van der Waals surface area contributed by atoms with Gasteiger partial charge in [-0.2, -0.15) is 26.3 Å². The number of nitrogens with two attached hydrogens (primary N) is 3. The average molecular weight is 1900 g/mol. The maximum Gasteiger partial charge on any atom is 0.170 e. The Balaban J connectivity index is 0.000000184. The minimum Gasteiger partial charge on any atom is -0.508 e. The van der Waals surface area contributed by atoms with Crippen molar-refractivity contribution in [3.8, 4) is 136 Å². The molecule has 2 heterocycles. The molecule has 0 spiro atoms. The fourth-order valence-electron chi connectivity index (χ4n) is 13.8. The van der Waals surface area contributed by atoms with Crippen molar-refractivity contribution in [3.05, 3.63) is 307 Å². The van der Waals surface area contributed by atoms with Gasteiger partial charge in [-0.05, 0) is 346 Å². The number of thiophene rings is 2. The molecule has 0 unspecified atom stereocenters. The second kappa shape index (κ2) is 47.7. The Morgan fingerprint density at radius 3 is 1.01 bits per heavy atom. The van der Waals surface area contributed by atoms with Crippen molar-refractivity contribution in [1.82, 2.24) is 0 Å². The number of halogens is 3. The number of aryl methyl sites for hydroxylation is 8. The Morgan fingerprint density at radius 2 is 0.672 bits per heavy atom. The predicted molar refractivity (Wildman–Crippen MR) is 517 cm³/mol. The molecular weight excluding hydrogens is 1800 g/mol. The molecule has 20 heteroatoms. The van der Waals surface area contributed by atoms with E-state index in [0.717, 1.165) is 211 Å². The molecule has 11 aromatic carbocycles. The number of methoxy groups -OCH3 is 2. The van der Waals surface area contributed by atoms with Crippen LogP contribution in [0.3, 0.4) is 0 Å². The lowest BCUT2D eigenvalue weighted by Crippen LogP contribution is -2.15. The third-order valence-corrected chi connectivity index (χ3v) is 24.5. The summed E-state index contributed by atoms with van der Waals surface area (Å²) in [6, 6.07) is 76.6. The summed E-state index contributed by atoms with van der Waals surface area (Å²) in [5.74, 6) is 2.45. The monoisotopic (exact) mass is 1900 g/mol. The summed E-state index contributed by atoms with van der Waals surface area (Å²) >= 11 is 12.5. The van der Waals surface area contributed by atoms with Crippen molar-refractivity contribution in [2.24, 2.45) is 10.9 Å². The topological polar surface area (TPSA) is 309 Å². The second-order valence-corrected chi connectivity index (χ2v) is 33.4. The molecular formula is C102H100Br2IN9O6S2. The minimum absolute atomic E-state index is 0.103. The largest absolute Gasteiger partial charge is 0.508 e. The SMILES string of the molecule is CCCc1cc(/C(N)=N/O)c(-c2sccc2C)c(-c2ccc(O)cc2)c1.CCCc1cc(C#N)c(-c2sccc2C)c(-c2ccc(O)cc2)c1.CCCc1cc(C#N)c(Br)c(-c2ccc(O)cc2)c1.CCCc1cc(C#N)c(Br)c(-c2ccc(OC)cc2)c1.CCCc1cc(C#N)c(N)c(-c2ccc(OC)cc2)c1.CCCc1cc(I)c(N)c(C#N)c1. The first kappa shape index (κ1) is 95.3. The van der Waals surface area contributed by atoms with Gasteiger partial charge in [0.05, 0.1) is 59.5 Å². The number of aromatic hydroxyl groups is 3. The number of benzene rings is 11. The number of nitrogen functional groups attached to an aromatic ring is 2. The first-order chi connectivity index (χ1) is 58.9. The number of oxime groups is 1. The van der Waals surface area contributed by atoms with Crippen molar-refractivity contribution < 1.29 is 30.0 Å². The summed E-state index contributed by atoms with van der Waals surface area (Å²) in [6.07, 6.45) is 12.0. The molecule has 0 amide bonds. The highest BCUT2D eigenvalue weighted by Crippen LogP contribution is 2.44. The van der Waals surface area contributed by atoms with Crippen LogP contribution in [0.1, 0.15) is 158 Å². The number of ether oxygens (including phenoxy) is 2. The van der Waals surface area contributed by atoms with Crippen LogP contribution in [0.15, 0.2) is 231 Å². The van der Waals surface area contributed by atoms with Gasteiger partial charge in [-0.3, -0.25) is 0 Å². The molecule has 0 saturated heterocycles. The molecule has 0 atom stereocenters. The van der Waals surface area contributed by atoms with Gasteiger partial charge >= 0.3 is 0 Å². The summed E-state index contributed by atoms with van der Waals surface area (Å²) in [7, 11) is 3.29. The van der Waals surface area contributed by atoms with E-state index in [1.807, 2.05) is 133 Å². The van der Waals surface area contributed by atoms with Crippen LogP contribution in [0.25, 0.3) is 76.5 Å². The van der Waals surface area contributed by atoms with Gasteiger partial charge in [-0.1, -0.05) is 158 Å². The van der Waals surface area contributed by atoms with Crippen LogP contribution in [0.2, 0.25) is 0 Å². The first-order valence-corrected chi connectivity index (χ1v) is 44.6. The molecule has 15 nitrogen and oxygen atoms in total. The van der Waals surface area contributed by atoms with Crippen molar-refractivity contribution in [2.75, 3.05) is 25.7 Å². The minimum atomic E-state index is 0.103. The first-order valence-electron chi connectivity index (χ1n) is 40.1. The Bertz CT molecular complexity index is 5860. The molecule has 622 valence electrons. The Hall–Kier alpha value is -12.2. The molecule has 0 radical (unpaired) electrons. The van der Waals surface area contributed by atoms with E-state index in [-0.39, 0.29) is 23.1 Å². The molecule has 0 saturated carbocycles. The molecule has 0 aliphatic carbocycles. The number of anilines is 2. The van der Waals surface area contributed by atoms with Crippen LogP contribution < -0.4 is 26.7 Å². The number of hydrogen-bond donors (Lipinski definition) is 7. The highest BCUT2D eigenvalue weighted by Gasteiger charge is 2.22. The Kier molecular flexibility index (Phi) is 37.3. The van der Waals surface area contributed by atoms with E-state index < -0.39 is 0 Å². The van der Waals surface area contributed by atoms with Gasteiger partial charge in [0.15, 0.2) is 5.84 Å². The molecule has 0 aliphatic rings. The maximum atomic E-state index is 9.73. The lowest BCUT2D eigenvalue weighted by Gasteiger charge is -2.17. The van der Waals surface area contributed by atoms with Gasteiger partial charge in [0.2, 0.25) is 0 Å². The van der Waals surface area contributed by atoms with Gasteiger partial charge in [-0.25, -0.2) is 0 Å². The highest BCUT2D eigenvalue weighted by atomic mass is 127. The van der Waals surface area contributed by atoms with Gasteiger partial charge < -0.3 is 47.2 Å². The zero-order valence-corrected chi connectivity index (χ0v) is 77.2. The van der Waals surface area contributed by atoms with Crippen LogP contribution in [0.5, 0.6) is 28.7 Å². The van der Waals surface area contributed by atoms with Crippen LogP contribution in [0.4, 0.5) is 11.4 Å². The average Bonchev–Trinajstić information content (AvgIpc) is 1.33. The van der Waals surface area contributed by atoms with Crippen molar-refractivity contribution >= 4 is 94.3 Å². The summed E-state index contributed by atoms with van der Waals surface area (Å²) in [5, 5.41) is 91.5. The Morgan fingerprint density at radius 1 is 0.385 bits per heavy atom. The summed E-state index contributed by atoms with van der Waals surface area (Å²) < 4.78 is 13.0.